The van der Waals surface area contributed by atoms with Crippen LogP contribution in [0.3, 0.4) is 0 Å². The Labute approximate surface area is 110 Å². The van der Waals surface area contributed by atoms with Crippen molar-refractivity contribution in [2.75, 3.05) is 7.05 Å². The Kier molecular flexibility index (Phi) is 5.21. The first kappa shape index (κ1) is 14.6. The zero-order valence-corrected chi connectivity index (χ0v) is 11.7. The number of carbonyl (C=O) groups is 2. The van der Waals surface area contributed by atoms with E-state index in [4.69, 9.17) is 4.52 Å². The Hall–Kier alpha value is -1.50. The van der Waals surface area contributed by atoms with E-state index in [1.165, 1.54) is 18.8 Å². The van der Waals surface area contributed by atoms with Gasteiger partial charge in [-0.15, -0.1) is 11.8 Å². The Morgan fingerprint density at radius 3 is 2.61 bits per heavy atom. The maximum absolute atomic E-state index is 11.6. The van der Waals surface area contributed by atoms with Crippen LogP contribution in [-0.4, -0.2) is 29.4 Å². The van der Waals surface area contributed by atoms with Crippen LogP contribution in [0.25, 0.3) is 0 Å². The van der Waals surface area contributed by atoms with Gasteiger partial charge in [0.05, 0.1) is 10.9 Å². The molecule has 0 aliphatic heterocycles. The lowest BCUT2D eigenvalue weighted by Gasteiger charge is -2.10. The van der Waals surface area contributed by atoms with Crippen LogP contribution in [0.4, 0.5) is 4.79 Å². The standard InChI is InChI=1S/C11H17N3O3S/c1-6-9(7(2)17-14-6)5-18-8(3)10(15)13-11(16)12-4/h8H,5H2,1-4H3,(H2,12,13,15,16). The molecule has 1 unspecified atom stereocenters. The highest BCUT2D eigenvalue weighted by atomic mass is 32.2. The Balaban J connectivity index is 2.48. The van der Waals surface area contributed by atoms with Gasteiger partial charge in [-0.1, -0.05) is 5.16 Å². The average Bonchev–Trinajstić information content (AvgIpc) is 2.65. The number of urea groups is 1. The minimum atomic E-state index is -0.496. The third-order valence-corrected chi connectivity index (χ3v) is 3.66. The maximum atomic E-state index is 11.6. The number of nitrogens with zero attached hydrogens (tertiary/aromatic N) is 1. The number of imide groups is 1. The Morgan fingerprint density at radius 2 is 2.11 bits per heavy atom. The van der Waals surface area contributed by atoms with E-state index < -0.39 is 6.03 Å². The number of nitrogens with one attached hydrogen (secondary N) is 2. The number of hydrogen-bond acceptors (Lipinski definition) is 5. The van der Waals surface area contributed by atoms with E-state index in [1.54, 1.807) is 6.92 Å². The topological polar surface area (TPSA) is 84.2 Å². The first-order valence-electron chi connectivity index (χ1n) is 5.51. The maximum Gasteiger partial charge on any atom is 0.321 e. The second kappa shape index (κ2) is 6.44. The third-order valence-electron chi connectivity index (χ3n) is 2.49. The lowest BCUT2D eigenvalue weighted by Crippen LogP contribution is -2.41. The zero-order chi connectivity index (χ0) is 13.7. The monoisotopic (exact) mass is 271 g/mol. The van der Waals surface area contributed by atoms with Crippen molar-refractivity contribution in [3.05, 3.63) is 17.0 Å². The summed E-state index contributed by atoms with van der Waals surface area (Å²) in [6.45, 7) is 5.45. The van der Waals surface area contributed by atoms with Crippen LogP contribution in [-0.2, 0) is 10.5 Å². The molecular weight excluding hydrogens is 254 g/mol. The SMILES string of the molecule is CNC(=O)NC(=O)C(C)SCc1c(C)noc1C. The minimum Gasteiger partial charge on any atom is -0.361 e. The minimum absolute atomic E-state index is 0.314. The number of hydrogen-bond donors (Lipinski definition) is 2. The van der Waals surface area contributed by atoms with Gasteiger partial charge >= 0.3 is 6.03 Å². The molecule has 0 saturated heterocycles. The fourth-order valence-electron chi connectivity index (χ4n) is 1.27. The van der Waals surface area contributed by atoms with Crippen LogP contribution in [0.5, 0.6) is 0 Å². The van der Waals surface area contributed by atoms with E-state index in [1.807, 2.05) is 13.8 Å². The fraction of sp³-hybridized carbons (Fsp3) is 0.545. The molecule has 100 valence electrons. The van der Waals surface area contributed by atoms with E-state index in [2.05, 4.69) is 15.8 Å². The molecule has 2 N–H and O–H groups in total. The second-order valence-electron chi connectivity index (χ2n) is 3.82. The van der Waals surface area contributed by atoms with Crippen molar-refractivity contribution in [2.24, 2.45) is 0 Å². The molecule has 1 rings (SSSR count). The van der Waals surface area contributed by atoms with Gasteiger partial charge in [0.2, 0.25) is 5.91 Å². The van der Waals surface area contributed by atoms with Gasteiger partial charge < -0.3 is 9.84 Å². The van der Waals surface area contributed by atoms with E-state index in [0.29, 0.717) is 5.75 Å². The largest absolute Gasteiger partial charge is 0.361 e. The predicted molar refractivity (Wildman–Crippen MR) is 69.3 cm³/mol. The number of rotatable bonds is 4. The normalized spacial score (nSPS) is 12.0. The van der Waals surface area contributed by atoms with Crippen LogP contribution in [0.1, 0.15) is 23.9 Å². The second-order valence-corrected chi connectivity index (χ2v) is 5.15. The van der Waals surface area contributed by atoms with Crippen molar-refractivity contribution in [1.29, 1.82) is 0 Å². The molecule has 3 amide bonds. The highest BCUT2D eigenvalue weighted by molar-refractivity contribution is 7.99. The van der Waals surface area contributed by atoms with Crippen LogP contribution < -0.4 is 10.6 Å². The molecule has 0 saturated carbocycles. The number of thioether (sulfide) groups is 1. The molecule has 0 spiro atoms. The lowest BCUT2D eigenvalue weighted by molar-refractivity contribution is -0.119. The van der Waals surface area contributed by atoms with Gasteiger partial charge in [-0.25, -0.2) is 4.79 Å². The number of aryl methyl sites for hydroxylation is 2. The van der Waals surface area contributed by atoms with Gasteiger partial charge in [-0.3, -0.25) is 10.1 Å². The molecule has 0 aromatic carbocycles. The van der Waals surface area contributed by atoms with E-state index in [0.717, 1.165) is 17.0 Å². The fourth-order valence-corrected chi connectivity index (χ4v) is 2.31. The van der Waals surface area contributed by atoms with Gasteiger partial charge in [-0.2, -0.15) is 0 Å². The van der Waals surface area contributed by atoms with Crippen molar-refractivity contribution >= 4 is 23.7 Å². The van der Waals surface area contributed by atoms with Gasteiger partial charge in [0.1, 0.15) is 5.76 Å². The quantitative estimate of drug-likeness (QED) is 0.864. The molecule has 1 atom stereocenters. The molecular formula is C11H17N3O3S. The molecule has 6 nitrogen and oxygen atoms in total. The van der Waals surface area contributed by atoms with Crippen molar-refractivity contribution in [3.63, 3.8) is 0 Å². The molecule has 1 aromatic rings. The summed E-state index contributed by atoms with van der Waals surface area (Å²) in [5.74, 6) is 1.08. The molecule has 0 bridgehead atoms. The van der Waals surface area contributed by atoms with Crippen LogP contribution >= 0.6 is 11.8 Å². The van der Waals surface area contributed by atoms with Crippen LogP contribution in [0.2, 0.25) is 0 Å². The van der Waals surface area contributed by atoms with E-state index in [9.17, 15) is 9.59 Å². The molecule has 18 heavy (non-hydrogen) atoms. The molecule has 0 fully saturated rings. The summed E-state index contributed by atoms with van der Waals surface area (Å²) >= 11 is 1.43. The van der Waals surface area contributed by atoms with Gasteiger partial charge in [0, 0.05) is 18.4 Å². The molecule has 0 aliphatic carbocycles. The van der Waals surface area contributed by atoms with Crippen molar-refractivity contribution in [1.82, 2.24) is 15.8 Å². The van der Waals surface area contributed by atoms with Crippen molar-refractivity contribution in [3.8, 4) is 0 Å². The summed E-state index contributed by atoms with van der Waals surface area (Å²) in [6, 6.07) is -0.496. The Bertz CT molecular complexity index is 425. The van der Waals surface area contributed by atoms with Crippen molar-refractivity contribution < 1.29 is 14.1 Å². The van der Waals surface area contributed by atoms with Crippen molar-refractivity contribution in [2.45, 2.75) is 31.8 Å². The summed E-state index contributed by atoms with van der Waals surface area (Å²) in [6.07, 6.45) is 0. The summed E-state index contributed by atoms with van der Waals surface area (Å²) in [7, 11) is 1.46. The number of carbonyl (C=O) groups excluding carboxylic acids is 2. The Morgan fingerprint density at radius 1 is 1.44 bits per heavy atom. The van der Waals surface area contributed by atoms with Crippen LogP contribution in [0.15, 0.2) is 4.52 Å². The molecule has 0 aliphatic rings. The first-order valence-corrected chi connectivity index (χ1v) is 6.56. The third kappa shape index (κ3) is 3.76. The van der Waals surface area contributed by atoms with Gasteiger partial charge in [0.25, 0.3) is 0 Å². The molecule has 0 radical (unpaired) electrons. The first-order chi connectivity index (χ1) is 8.45. The highest BCUT2D eigenvalue weighted by Gasteiger charge is 2.17. The summed E-state index contributed by atoms with van der Waals surface area (Å²) in [4.78, 5) is 22.6. The summed E-state index contributed by atoms with van der Waals surface area (Å²) in [5, 5.41) is 8.10. The van der Waals surface area contributed by atoms with E-state index >= 15 is 0 Å². The summed E-state index contributed by atoms with van der Waals surface area (Å²) in [5.41, 5.74) is 1.83. The van der Waals surface area contributed by atoms with Crippen LogP contribution in [0, 0.1) is 13.8 Å². The highest BCUT2D eigenvalue weighted by Crippen LogP contribution is 2.22. The molecule has 7 heteroatoms. The smallest absolute Gasteiger partial charge is 0.321 e. The number of aromatic nitrogens is 1. The molecule has 1 aromatic heterocycles. The summed E-state index contributed by atoms with van der Waals surface area (Å²) < 4.78 is 5.04. The molecule has 1 heterocycles. The van der Waals surface area contributed by atoms with Gasteiger partial charge in [-0.05, 0) is 20.8 Å². The lowest BCUT2D eigenvalue weighted by atomic mass is 10.2. The average molecular weight is 271 g/mol. The number of amides is 3. The zero-order valence-electron chi connectivity index (χ0n) is 10.9. The van der Waals surface area contributed by atoms with E-state index in [-0.39, 0.29) is 11.2 Å². The predicted octanol–water partition coefficient (Wildman–Crippen LogP) is 1.37. The van der Waals surface area contributed by atoms with Gasteiger partial charge in [0.15, 0.2) is 0 Å².